The van der Waals surface area contributed by atoms with E-state index in [1.54, 1.807) is 6.07 Å². The molecular weight excluding hydrogens is 152 g/mol. The van der Waals surface area contributed by atoms with Crippen molar-refractivity contribution in [1.82, 2.24) is 0 Å². The third-order valence-electron chi connectivity index (χ3n) is 1.10. The zero-order valence-corrected chi connectivity index (χ0v) is 7.50. The molecule has 2 N–H and O–H groups in total. The van der Waals surface area contributed by atoms with Crippen LogP contribution >= 0.6 is 0 Å². The fourth-order valence-electron chi connectivity index (χ4n) is 0.285. The van der Waals surface area contributed by atoms with Crippen LogP contribution in [0.3, 0.4) is 0 Å². The summed E-state index contributed by atoms with van der Waals surface area (Å²) in [5.74, 6) is -0.229. The van der Waals surface area contributed by atoms with Crippen molar-refractivity contribution in [2.75, 3.05) is 0 Å². The van der Waals surface area contributed by atoms with Gasteiger partial charge in [0.05, 0.1) is 6.07 Å². The summed E-state index contributed by atoms with van der Waals surface area (Å²) in [6, 6.07) is 1.69. The van der Waals surface area contributed by atoms with Gasteiger partial charge in [-0.25, -0.2) is 0 Å². The normalized spacial score (nSPS) is 7.50. The fourth-order valence-corrected chi connectivity index (χ4v) is 0.285. The minimum atomic E-state index is -0.403. The molecule has 12 heavy (non-hydrogen) atoms. The van der Waals surface area contributed by atoms with Crippen LogP contribution in [-0.2, 0) is 4.79 Å². The van der Waals surface area contributed by atoms with Crippen molar-refractivity contribution in [3.63, 3.8) is 0 Å². The van der Waals surface area contributed by atoms with Crippen LogP contribution in [0.1, 0.15) is 13.8 Å². The lowest BCUT2D eigenvalue weighted by Crippen LogP contribution is -2.16. The Kier molecular flexibility index (Phi) is 8.21. The van der Waals surface area contributed by atoms with Crippen LogP contribution in [0, 0.1) is 17.2 Å². The minimum absolute atomic E-state index is 0.174. The molecule has 0 aliphatic carbocycles. The first-order chi connectivity index (χ1) is 5.47. The summed E-state index contributed by atoms with van der Waals surface area (Å²) in [7, 11) is 0. The standard InChI is InChI=1S/C6H11NO.C3H3N/c1-4(2)5(3)6(7)8;1-2-3-4/h4H,3H2,1-2H3,(H2,7,8);2H,1H2. The molecule has 3 heteroatoms. The van der Waals surface area contributed by atoms with Crippen molar-refractivity contribution in [3.8, 4) is 6.07 Å². The van der Waals surface area contributed by atoms with Gasteiger partial charge in [0, 0.05) is 11.6 Å². The van der Waals surface area contributed by atoms with Gasteiger partial charge in [0.15, 0.2) is 0 Å². The molecule has 0 aromatic heterocycles. The molecule has 0 spiro atoms. The predicted octanol–water partition coefficient (Wildman–Crippen LogP) is 1.38. The average molecular weight is 166 g/mol. The Morgan fingerprint density at radius 1 is 1.67 bits per heavy atom. The first-order valence-corrected chi connectivity index (χ1v) is 3.46. The van der Waals surface area contributed by atoms with Crippen LogP contribution in [0.4, 0.5) is 0 Å². The Bertz CT molecular complexity index is 211. The summed E-state index contributed by atoms with van der Waals surface area (Å²) in [5, 5.41) is 7.51. The van der Waals surface area contributed by atoms with Crippen LogP contribution in [-0.4, -0.2) is 5.91 Å². The number of hydrogen-bond acceptors (Lipinski definition) is 2. The van der Waals surface area contributed by atoms with Gasteiger partial charge in [-0.2, -0.15) is 5.26 Å². The lowest BCUT2D eigenvalue weighted by Gasteiger charge is -2.01. The number of primary amides is 1. The minimum Gasteiger partial charge on any atom is -0.366 e. The van der Waals surface area contributed by atoms with Gasteiger partial charge in [0.2, 0.25) is 5.91 Å². The van der Waals surface area contributed by atoms with Crippen LogP contribution in [0.25, 0.3) is 0 Å². The van der Waals surface area contributed by atoms with Crippen molar-refractivity contribution < 1.29 is 4.79 Å². The summed E-state index contributed by atoms with van der Waals surface area (Å²) in [4.78, 5) is 10.3. The van der Waals surface area contributed by atoms with Gasteiger partial charge < -0.3 is 5.73 Å². The lowest BCUT2D eigenvalue weighted by molar-refractivity contribution is -0.114. The van der Waals surface area contributed by atoms with E-state index in [9.17, 15) is 4.79 Å². The summed E-state index contributed by atoms with van der Waals surface area (Å²) < 4.78 is 0. The van der Waals surface area contributed by atoms with Crippen LogP contribution in [0.2, 0.25) is 0 Å². The summed E-state index contributed by atoms with van der Waals surface area (Å²) in [6.45, 7) is 10.4. The maximum absolute atomic E-state index is 10.3. The smallest absolute Gasteiger partial charge is 0.244 e. The van der Waals surface area contributed by atoms with Crippen LogP contribution in [0.15, 0.2) is 24.8 Å². The molecule has 0 saturated heterocycles. The lowest BCUT2D eigenvalue weighted by atomic mass is 10.1. The second kappa shape index (κ2) is 7.55. The third-order valence-corrected chi connectivity index (χ3v) is 1.10. The van der Waals surface area contributed by atoms with E-state index in [1.165, 1.54) is 6.08 Å². The Labute approximate surface area is 73.2 Å². The van der Waals surface area contributed by atoms with Gasteiger partial charge in [0.1, 0.15) is 0 Å². The number of nitrogens with zero attached hydrogens (tertiary/aromatic N) is 1. The highest BCUT2D eigenvalue weighted by Crippen LogP contribution is 2.03. The molecule has 0 fully saturated rings. The van der Waals surface area contributed by atoms with E-state index in [0.29, 0.717) is 5.57 Å². The summed E-state index contributed by atoms with van der Waals surface area (Å²) in [5.41, 5.74) is 5.39. The first kappa shape index (κ1) is 13.1. The highest BCUT2D eigenvalue weighted by Gasteiger charge is 2.03. The number of allylic oxidation sites excluding steroid dienone is 1. The van der Waals surface area contributed by atoms with E-state index in [1.807, 2.05) is 13.8 Å². The van der Waals surface area contributed by atoms with Crippen LogP contribution < -0.4 is 5.73 Å². The number of rotatable bonds is 2. The summed E-state index contributed by atoms with van der Waals surface area (Å²) >= 11 is 0. The van der Waals surface area contributed by atoms with Crippen molar-refractivity contribution in [2.24, 2.45) is 11.7 Å². The van der Waals surface area contributed by atoms with Gasteiger partial charge in [-0.05, 0) is 5.92 Å². The van der Waals surface area contributed by atoms with Gasteiger partial charge in [-0.3, -0.25) is 4.79 Å². The Hall–Kier alpha value is -1.56. The second-order valence-electron chi connectivity index (χ2n) is 2.38. The largest absolute Gasteiger partial charge is 0.366 e. The zero-order chi connectivity index (χ0) is 10.1. The number of amides is 1. The Morgan fingerprint density at radius 2 is 2.00 bits per heavy atom. The van der Waals surface area contributed by atoms with Crippen molar-refractivity contribution in [1.29, 1.82) is 5.26 Å². The molecule has 66 valence electrons. The van der Waals surface area contributed by atoms with Crippen molar-refractivity contribution in [3.05, 3.63) is 24.8 Å². The third kappa shape index (κ3) is 8.44. The highest BCUT2D eigenvalue weighted by atomic mass is 16.1. The van der Waals surface area contributed by atoms with Gasteiger partial charge in [-0.15, -0.1) is 0 Å². The maximum Gasteiger partial charge on any atom is 0.244 e. The molecule has 0 rings (SSSR count). The van der Waals surface area contributed by atoms with E-state index in [4.69, 9.17) is 11.0 Å². The molecule has 0 atom stereocenters. The van der Waals surface area contributed by atoms with E-state index >= 15 is 0 Å². The number of carbonyl (C=O) groups excluding carboxylic acids is 1. The van der Waals surface area contributed by atoms with Gasteiger partial charge in [0.25, 0.3) is 0 Å². The van der Waals surface area contributed by atoms with Gasteiger partial charge in [-0.1, -0.05) is 27.0 Å². The molecule has 0 heterocycles. The zero-order valence-electron chi connectivity index (χ0n) is 7.50. The molecule has 1 amide bonds. The first-order valence-electron chi connectivity index (χ1n) is 3.46. The molecule has 0 aromatic carbocycles. The molecule has 0 aliphatic heterocycles. The number of carbonyl (C=O) groups is 1. The monoisotopic (exact) mass is 166 g/mol. The van der Waals surface area contributed by atoms with E-state index in [2.05, 4.69) is 13.2 Å². The second-order valence-corrected chi connectivity index (χ2v) is 2.38. The molecule has 0 unspecified atom stereocenters. The Balaban J connectivity index is 0. The molecular formula is C9H14N2O. The molecule has 0 bridgehead atoms. The molecule has 0 radical (unpaired) electrons. The SMILES string of the molecule is C=C(C(N)=O)C(C)C.C=CC#N. The highest BCUT2D eigenvalue weighted by molar-refractivity contribution is 5.91. The topological polar surface area (TPSA) is 66.9 Å². The molecule has 3 nitrogen and oxygen atoms in total. The van der Waals surface area contributed by atoms with E-state index < -0.39 is 5.91 Å². The molecule has 0 aromatic rings. The van der Waals surface area contributed by atoms with Crippen LogP contribution in [0.5, 0.6) is 0 Å². The van der Waals surface area contributed by atoms with Crippen molar-refractivity contribution in [2.45, 2.75) is 13.8 Å². The summed E-state index contributed by atoms with van der Waals surface area (Å²) in [6.07, 6.45) is 1.18. The average Bonchev–Trinajstić information content (AvgIpc) is 2.03. The molecule has 0 saturated carbocycles. The number of nitriles is 1. The number of hydrogen-bond donors (Lipinski definition) is 1. The molecule has 0 aliphatic rings. The number of nitrogens with two attached hydrogens (primary N) is 1. The quantitative estimate of drug-likeness (QED) is 0.497. The van der Waals surface area contributed by atoms with Gasteiger partial charge >= 0.3 is 0 Å². The maximum atomic E-state index is 10.3. The predicted molar refractivity (Wildman–Crippen MR) is 49.0 cm³/mol. The van der Waals surface area contributed by atoms with E-state index in [0.717, 1.165) is 0 Å². The van der Waals surface area contributed by atoms with Crippen molar-refractivity contribution >= 4 is 5.91 Å². The Morgan fingerprint density at radius 3 is 2.00 bits per heavy atom. The fraction of sp³-hybridized carbons (Fsp3) is 0.333. The van der Waals surface area contributed by atoms with E-state index in [-0.39, 0.29) is 5.92 Å².